The van der Waals surface area contributed by atoms with E-state index < -0.39 is 5.54 Å². The SMILES string of the molecule is CC(C)NC(C)(CCCSC(C)C(C)C)C(N)=O. The Hall–Kier alpha value is -0.220. The van der Waals surface area contributed by atoms with Crippen molar-refractivity contribution in [3.05, 3.63) is 0 Å². The molecule has 0 aromatic rings. The first kappa shape index (κ1) is 17.8. The van der Waals surface area contributed by atoms with Crippen molar-refractivity contribution in [2.75, 3.05) is 5.75 Å². The van der Waals surface area contributed by atoms with E-state index in [0.717, 1.165) is 18.6 Å². The van der Waals surface area contributed by atoms with Gasteiger partial charge in [-0.3, -0.25) is 4.79 Å². The molecule has 3 N–H and O–H groups in total. The van der Waals surface area contributed by atoms with Crippen molar-refractivity contribution < 1.29 is 4.79 Å². The zero-order valence-corrected chi connectivity index (χ0v) is 13.6. The van der Waals surface area contributed by atoms with E-state index in [4.69, 9.17) is 5.73 Å². The van der Waals surface area contributed by atoms with Crippen LogP contribution in [0.5, 0.6) is 0 Å². The Balaban J connectivity index is 4.10. The van der Waals surface area contributed by atoms with Gasteiger partial charge in [-0.05, 0) is 45.3 Å². The van der Waals surface area contributed by atoms with Gasteiger partial charge in [0.2, 0.25) is 5.91 Å². The minimum Gasteiger partial charge on any atom is -0.368 e. The Bertz CT molecular complexity index is 256. The summed E-state index contributed by atoms with van der Waals surface area (Å²) in [4.78, 5) is 11.5. The average Bonchev–Trinajstić information content (AvgIpc) is 2.22. The number of carbonyl (C=O) groups is 1. The first-order valence-corrected chi connectivity index (χ1v) is 7.93. The molecule has 1 amide bonds. The van der Waals surface area contributed by atoms with Crippen LogP contribution in [-0.4, -0.2) is 28.5 Å². The summed E-state index contributed by atoms with van der Waals surface area (Å²) in [5, 5.41) is 3.95. The quantitative estimate of drug-likeness (QED) is 0.636. The van der Waals surface area contributed by atoms with Gasteiger partial charge >= 0.3 is 0 Å². The fourth-order valence-corrected chi connectivity index (χ4v) is 2.86. The minimum atomic E-state index is -0.574. The van der Waals surface area contributed by atoms with E-state index in [1.165, 1.54) is 0 Å². The van der Waals surface area contributed by atoms with Crippen LogP contribution in [0.2, 0.25) is 0 Å². The van der Waals surface area contributed by atoms with Gasteiger partial charge in [-0.25, -0.2) is 0 Å². The number of nitrogens with two attached hydrogens (primary N) is 1. The molecule has 0 fully saturated rings. The summed E-state index contributed by atoms with van der Waals surface area (Å²) in [5.74, 6) is 1.53. The maximum atomic E-state index is 11.5. The van der Waals surface area contributed by atoms with Gasteiger partial charge in [0, 0.05) is 11.3 Å². The molecule has 108 valence electrons. The van der Waals surface area contributed by atoms with Crippen LogP contribution in [-0.2, 0) is 4.79 Å². The Kier molecular flexibility index (Phi) is 7.95. The number of rotatable bonds is 9. The topological polar surface area (TPSA) is 55.1 Å². The molecule has 0 saturated heterocycles. The van der Waals surface area contributed by atoms with Crippen LogP contribution in [0.1, 0.15) is 54.4 Å². The molecule has 0 aromatic heterocycles. The molecule has 0 aromatic carbocycles. The Morgan fingerprint density at radius 3 is 2.22 bits per heavy atom. The van der Waals surface area contributed by atoms with E-state index in [1.54, 1.807) is 0 Å². The van der Waals surface area contributed by atoms with E-state index >= 15 is 0 Å². The molecule has 0 aliphatic heterocycles. The molecular formula is C14H30N2OS. The van der Waals surface area contributed by atoms with E-state index in [9.17, 15) is 4.79 Å². The Morgan fingerprint density at radius 1 is 1.28 bits per heavy atom. The van der Waals surface area contributed by atoms with Crippen LogP contribution in [0, 0.1) is 5.92 Å². The lowest BCUT2D eigenvalue weighted by Gasteiger charge is -2.30. The summed E-state index contributed by atoms with van der Waals surface area (Å²) in [7, 11) is 0. The van der Waals surface area contributed by atoms with Gasteiger partial charge in [-0.1, -0.05) is 20.8 Å². The van der Waals surface area contributed by atoms with E-state index in [0.29, 0.717) is 11.2 Å². The van der Waals surface area contributed by atoms with Crippen molar-refractivity contribution >= 4 is 17.7 Å². The standard InChI is InChI=1S/C14H30N2OS/c1-10(2)12(5)18-9-7-8-14(6,13(15)17)16-11(3)4/h10-12,16H,7-9H2,1-6H3,(H2,15,17). The highest BCUT2D eigenvalue weighted by Gasteiger charge is 2.30. The van der Waals surface area contributed by atoms with Crippen molar-refractivity contribution in [3.63, 3.8) is 0 Å². The van der Waals surface area contributed by atoms with E-state index in [1.807, 2.05) is 32.5 Å². The third-order valence-electron chi connectivity index (χ3n) is 3.29. The van der Waals surface area contributed by atoms with Gasteiger partial charge in [-0.2, -0.15) is 11.8 Å². The molecule has 0 aliphatic rings. The lowest BCUT2D eigenvalue weighted by Crippen LogP contribution is -2.55. The predicted octanol–water partition coefficient (Wildman–Crippen LogP) is 2.79. The van der Waals surface area contributed by atoms with Crippen LogP contribution in [0.25, 0.3) is 0 Å². The zero-order chi connectivity index (χ0) is 14.3. The number of amides is 1. The third-order valence-corrected chi connectivity index (χ3v) is 4.89. The fourth-order valence-electron chi connectivity index (χ4n) is 1.79. The molecule has 3 nitrogen and oxygen atoms in total. The molecular weight excluding hydrogens is 244 g/mol. The average molecular weight is 274 g/mol. The van der Waals surface area contributed by atoms with Crippen molar-refractivity contribution in [1.82, 2.24) is 5.32 Å². The van der Waals surface area contributed by atoms with Gasteiger partial charge in [0.1, 0.15) is 0 Å². The van der Waals surface area contributed by atoms with E-state index in [2.05, 4.69) is 26.1 Å². The van der Waals surface area contributed by atoms with Crippen molar-refractivity contribution in [3.8, 4) is 0 Å². The third kappa shape index (κ3) is 6.64. The highest BCUT2D eigenvalue weighted by Crippen LogP contribution is 2.22. The second-order valence-corrected chi connectivity index (χ2v) is 7.40. The first-order chi connectivity index (χ1) is 8.19. The highest BCUT2D eigenvalue weighted by molar-refractivity contribution is 7.99. The molecule has 0 spiro atoms. The van der Waals surface area contributed by atoms with Gasteiger partial charge in [0.15, 0.2) is 0 Å². The number of hydrogen-bond acceptors (Lipinski definition) is 3. The second kappa shape index (κ2) is 8.05. The number of thioether (sulfide) groups is 1. The molecule has 0 aliphatic carbocycles. The number of hydrogen-bond donors (Lipinski definition) is 2. The summed E-state index contributed by atoms with van der Waals surface area (Å²) in [6, 6.07) is 0.268. The maximum absolute atomic E-state index is 11.5. The summed E-state index contributed by atoms with van der Waals surface area (Å²) < 4.78 is 0. The largest absolute Gasteiger partial charge is 0.368 e. The molecule has 0 rings (SSSR count). The lowest BCUT2D eigenvalue weighted by molar-refractivity contribution is -0.124. The van der Waals surface area contributed by atoms with Crippen LogP contribution >= 0.6 is 11.8 Å². The molecule has 2 atom stereocenters. The van der Waals surface area contributed by atoms with Crippen LogP contribution in [0.4, 0.5) is 0 Å². The van der Waals surface area contributed by atoms with E-state index in [-0.39, 0.29) is 11.9 Å². The molecule has 0 radical (unpaired) electrons. The maximum Gasteiger partial charge on any atom is 0.237 e. The minimum absolute atomic E-state index is 0.252. The van der Waals surface area contributed by atoms with Gasteiger partial charge in [0.05, 0.1) is 5.54 Å². The predicted molar refractivity (Wildman–Crippen MR) is 81.9 cm³/mol. The number of carbonyl (C=O) groups excluding carboxylic acids is 1. The van der Waals surface area contributed by atoms with Gasteiger partial charge < -0.3 is 11.1 Å². The van der Waals surface area contributed by atoms with Crippen LogP contribution < -0.4 is 11.1 Å². The molecule has 2 unspecified atom stereocenters. The van der Waals surface area contributed by atoms with Gasteiger partial charge in [-0.15, -0.1) is 0 Å². The summed E-state index contributed by atoms with van der Waals surface area (Å²) in [5.41, 5.74) is 4.93. The summed E-state index contributed by atoms with van der Waals surface area (Å²) in [6.07, 6.45) is 1.82. The van der Waals surface area contributed by atoms with Crippen molar-refractivity contribution in [2.24, 2.45) is 11.7 Å². The Morgan fingerprint density at radius 2 is 1.83 bits per heavy atom. The first-order valence-electron chi connectivity index (χ1n) is 6.88. The smallest absolute Gasteiger partial charge is 0.237 e. The molecule has 0 heterocycles. The second-order valence-electron chi connectivity index (χ2n) is 5.92. The molecule has 0 bridgehead atoms. The highest BCUT2D eigenvalue weighted by atomic mass is 32.2. The monoisotopic (exact) mass is 274 g/mol. The fraction of sp³-hybridized carbons (Fsp3) is 0.929. The van der Waals surface area contributed by atoms with Gasteiger partial charge in [0.25, 0.3) is 0 Å². The molecule has 4 heteroatoms. The lowest BCUT2D eigenvalue weighted by atomic mass is 9.94. The molecule has 0 saturated carbocycles. The van der Waals surface area contributed by atoms with Crippen LogP contribution in [0.3, 0.4) is 0 Å². The number of primary amides is 1. The summed E-state index contributed by atoms with van der Waals surface area (Å²) in [6.45, 7) is 12.7. The van der Waals surface area contributed by atoms with Crippen molar-refractivity contribution in [2.45, 2.75) is 71.2 Å². The summed E-state index contributed by atoms with van der Waals surface area (Å²) >= 11 is 1.98. The zero-order valence-electron chi connectivity index (χ0n) is 12.7. The Labute approximate surface area is 117 Å². The number of nitrogens with one attached hydrogen (secondary N) is 1. The molecule has 18 heavy (non-hydrogen) atoms. The van der Waals surface area contributed by atoms with Crippen molar-refractivity contribution in [1.29, 1.82) is 0 Å². The normalized spacial score (nSPS) is 16.9. The van der Waals surface area contributed by atoms with Crippen LogP contribution in [0.15, 0.2) is 0 Å².